The summed E-state index contributed by atoms with van der Waals surface area (Å²) in [7, 11) is 0. The molecule has 4 nitrogen and oxygen atoms in total. The number of nitrogen functional groups attached to an aromatic ring is 1. The van der Waals surface area contributed by atoms with Crippen molar-refractivity contribution in [3.63, 3.8) is 0 Å². The number of aryl methyl sites for hydroxylation is 2. The number of nitrogens with zero attached hydrogens (tertiary/aromatic N) is 1. The lowest BCUT2D eigenvalue weighted by Crippen LogP contribution is -2.11. The lowest BCUT2D eigenvalue weighted by Gasteiger charge is -2.13. The number of anilines is 1. The first kappa shape index (κ1) is 21.4. The minimum Gasteiger partial charge on any atom is -0.398 e. The Balaban J connectivity index is 0.000000212. The highest BCUT2D eigenvalue weighted by Crippen LogP contribution is 2.34. The Morgan fingerprint density at radius 2 is 1.57 bits per heavy atom. The average Bonchev–Trinajstić information content (AvgIpc) is 2.74. The lowest BCUT2D eigenvalue weighted by atomic mass is 9.92. The molecule has 0 aliphatic heterocycles. The normalized spacial score (nSPS) is 13.0. The fraction of sp³-hybridized carbons (Fsp3) is 0.217. The van der Waals surface area contributed by atoms with Crippen molar-refractivity contribution in [3.05, 3.63) is 83.0 Å². The molecule has 4 N–H and O–H groups in total. The first-order chi connectivity index (χ1) is 14.3. The molecular formula is C23H22F3N3O. The highest BCUT2D eigenvalue weighted by atomic mass is 19.4. The predicted octanol–water partition coefficient (Wildman–Crippen LogP) is 5.01. The summed E-state index contributed by atoms with van der Waals surface area (Å²) < 4.78 is 38.1. The van der Waals surface area contributed by atoms with Gasteiger partial charge in [0, 0.05) is 23.0 Å². The summed E-state index contributed by atoms with van der Waals surface area (Å²) in [5.74, 6) is -0.695. The summed E-state index contributed by atoms with van der Waals surface area (Å²) in [5, 5.41) is 0. The number of rotatable bonds is 2. The van der Waals surface area contributed by atoms with Crippen LogP contribution in [0.3, 0.4) is 0 Å². The van der Waals surface area contributed by atoms with Gasteiger partial charge in [0.05, 0.1) is 11.3 Å². The van der Waals surface area contributed by atoms with E-state index >= 15 is 0 Å². The summed E-state index contributed by atoms with van der Waals surface area (Å²) in [4.78, 5) is 15.0. The third kappa shape index (κ3) is 5.17. The van der Waals surface area contributed by atoms with Crippen LogP contribution in [0.5, 0.6) is 0 Å². The van der Waals surface area contributed by atoms with Crippen LogP contribution in [0.15, 0.2) is 60.8 Å². The van der Waals surface area contributed by atoms with Gasteiger partial charge in [0.2, 0.25) is 5.91 Å². The number of fused-ring (bicyclic) bond motifs is 1. The highest BCUT2D eigenvalue weighted by molar-refractivity contribution is 5.94. The van der Waals surface area contributed by atoms with Gasteiger partial charge < -0.3 is 11.5 Å². The molecule has 156 valence electrons. The molecule has 0 radical (unpaired) electrons. The van der Waals surface area contributed by atoms with E-state index in [0.717, 1.165) is 18.2 Å². The molecule has 0 saturated carbocycles. The fourth-order valence-electron chi connectivity index (χ4n) is 3.36. The minimum absolute atomic E-state index is 0.0999. The van der Waals surface area contributed by atoms with Crippen LogP contribution in [-0.4, -0.2) is 10.9 Å². The van der Waals surface area contributed by atoms with Gasteiger partial charge in [-0.3, -0.25) is 9.78 Å². The molecule has 3 aromatic rings. The van der Waals surface area contributed by atoms with Crippen LogP contribution in [-0.2, 0) is 19.0 Å². The smallest absolute Gasteiger partial charge is 0.398 e. The number of primary amides is 1. The Hall–Kier alpha value is -3.35. The molecule has 1 amide bonds. The van der Waals surface area contributed by atoms with E-state index in [4.69, 9.17) is 11.5 Å². The van der Waals surface area contributed by atoms with Crippen molar-refractivity contribution in [1.82, 2.24) is 4.98 Å². The molecule has 1 aliphatic carbocycles. The van der Waals surface area contributed by atoms with Crippen molar-refractivity contribution in [2.24, 2.45) is 5.73 Å². The van der Waals surface area contributed by atoms with Crippen molar-refractivity contribution >= 4 is 11.6 Å². The Kier molecular flexibility index (Phi) is 6.40. The van der Waals surface area contributed by atoms with Gasteiger partial charge in [-0.25, -0.2) is 0 Å². The molecule has 1 aromatic heterocycles. The molecule has 0 atom stereocenters. The maximum absolute atomic E-state index is 12.7. The number of pyridine rings is 1. The molecule has 0 spiro atoms. The van der Waals surface area contributed by atoms with E-state index in [1.165, 1.54) is 44.0 Å². The van der Waals surface area contributed by atoms with E-state index in [0.29, 0.717) is 0 Å². The zero-order valence-electron chi connectivity index (χ0n) is 16.2. The zero-order valence-corrected chi connectivity index (χ0v) is 16.2. The standard InChI is InChI=1S/C13H10F3N3O.C10H12/c14-13(15,16)8-1-2-10(17)9(6-8)11-5-7(12(18)20)3-4-19-11;1-2-6-10-8-4-3-7-9(10)5-1/h1-6H,17H2,(H2,18,20);1-2,5-6H,3-4,7-8H2. The highest BCUT2D eigenvalue weighted by Gasteiger charge is 2.31. The molecule has 30 heavy (non-hydrogen) atoms. The number of carbonyl (C=O) groups is 1. The minimum atomic E-state index is -4.48. The van der Waals surface area contributed by atoms with Gasteiger partial charge in [0.25, 0.3) is 0 Å². The Labute approximate surface area is 172 Å². The van der Waals surface area contributed by atoms with E-state index in [2.05, 4.69) is 29.2 Å². The monoisotopic (exact) mass is 413 g/mol. The van der Waals surface area contributed by atoms with Crippen LogP contribution in [0, 0.1) is 0 Å². The molecule has 1 heterocycles. The van der Waals surface area contributed by atoms with Gasteiger partial charge in [0.1, 0.15) is 0 Å². The third-order valence-corrected chi connectivity index (χ3v) is 4.96. The van der Waals surface area contributed by atoms with Crippen molar-refractivity contribution in [3.8, 4) is 11.3 Å². The SMILES string of the molecule is NC(=O)c1ccnc(-c2cc(C(F)(F)F)ccc2N)c1.c1ccc2c(c1)CCCC2. The largest absolute Gasteiger partial charge is 0.416 e. The van der Waals surface area contributed by atoms with Gasteiger partial charge in [-0.1, -0.05) is 24.3 Å². The number of hydrogen-bond donors (Lipinski definition) is 2. The molecule has 0 unspecified atom stereocenters. The van der Waals surface area contributed by atoms with Crippen LogP contribution < -0.4 is 11.5 Å². The Morgan fingerprint density at radius 3 is 2.13 bits per heavy atom. The second-order valence-corrected chi connectivity index (χ2v) is 7.07. The molecule has 1 aliphatic rings. The number of alkyl halides is 3. The van der Waals surface area contributed by atoms with E-state index in [-0.39, 0.29) is 22.5 Å². The first-order valence-corrected chi connectivity index (χ1v) is 9.55. The van der Waals surface area contributed by atoms with Crippen molar-refractivity contribution in [2.75, 3.05) is 5.73 Å². The maximum Gasteiger partial charge on any atom is 0.416 e. The van der Waals surface area contributed by atoms with Gasteiger partial charge in [-0.05, 0) is 67.1 Å². The van der Waals surface area contributed by atoms with Gasteiger partial charge in [-0.2, -0.15) is 13.2 Å². The summed E-state index contributed by atoms with van der Waals surface area (Å²) in [5.41, 5.74) is 13.6. The number of amides is 1. The molecule has 0 saturated heterocycles. The second kappa shape index (κ2) is 8.98. The molecule has 0 fully saturated rings. The van der Waals surface area contributed by atoms with E-state index in [9.17, 15) is 18.0 Å². The van der Waals surface area contributed by atoms with Crippen molar-refractivity contribution in [2.45, 2.75) is 31.9 Å². The van der Waals surface area contributed by atoms with E-state index in [1.807, 2.05) is 0 Å². The van der Waals surface area contributed by atoms with E-state index in [1.54, 1.807) is 11.1 Å². The molecule has 4 rings (SSSR count). The van der Waals surface area contributed by atoms with Crippen LogP contribution in [0.1, 0.15) is 39.9 Å². The number of halogens is 3. The Bertz CT molecular complexity index is 1020. The number of aromatic nitrogens is 1. The third-order valence-electron chi connectivity index (χ3n) is 4.96. The lowest BCUT2D eigenvalue weighted by molar-refractivity contribution is -0.137. The average molecular weight is 413 g/mol. The number of hydrogen-bond acceptors (Lipinski definition) is 3. The van der Waals surface area contributed by atoms with Gasteiger partial charge in [0.15, 0.2) is 0 Å². The zero-order chi connectivity index (χ0) is 21.7. The number of nitrogens with two attached hydrogens (primary N) is 2. The van der Waals surface area contributed by atoms with Crippen molar-refractivity contribution < 1.29 is 18.0 Å². The van der Waals surface area contributed by atoms with E-state index < -0.39 is 17.6 Å². The summed E-state index contributed by atoms with van der Waals surface area (Å²) in [6, 6.07) is 14.4. The van der Waals surface area contributed by atoms with Crippen LogP contribution in [0.2, 0.25) is 0 Å². The summed E-state index contributed by atoms with van der Waals surface area (Å²) in [6.45, 7) is 0. The fourth-order valence-corrected chi connectivity index (χ4v) is 3.36. The first-order valence-electron chi connectivity index (χ1n) is 9.55. The number of carbonyl (C=O) groups excluding carboxylic acids is 1. The van der Waals surface area contributed by atoms with Crippen LogP contribution in [0.25, 0.3) is 11.3 Å². The van der Waals surface area contributed by atoms with Crippen LogP contribution >= 0.6 is 0 Å². The Morgan fingerprint density at radius 1 is 0.933 bits per heavy atom. The molecular weight excluding hydrogens is 391 g/mol. The molecule has 2 aromatic carbocycles. The van der Waals surface area contributed by atoms with Gasteiger partial charge in [-0.15, -0.1) is 0 Å². The summed E-state index contributed by atoms with van der Waals surface area (Å²) >= 11 is 0. The predicted molar refractivity (Wildman–Crippen MR) is 111 cm³/mol. The second-order valence-electron chi connectivity index (χ2n) is 7.07. The van der Waals surface area contributed by atoms with Crippen LogP contribution in [0.4, 0.5) is 18.9 Å². The molecule has 7 heteroatoms. The maximum atomic E-state index is 12.7. The summed E-state index contributed by atoms with van der Waals surface area (Å²) in [6.07, 6.45) is 2.18. The van der Waals surface area contributed by atoms with Gasteiger partial charge >= 0.3 is 6.18 Å². The quantitative estimate of drug-likeness (QED) is 0.579. The van der Waals surface area contributed by atoms with Crippen molar-refractivity contribution in [1.29, 1.82) is 0 Å². The molecule has 0 bridgehead atoms. The topological polar surface area (TPSA) is 82.0 Å². The number of benzene rings is 2.